The summed E-state index contributed by atoms with van der Waals surface area (Å²) in [6, 6.07) is 0.0918. The normalized spacial score (nSPS) is 27.1. The summed E-state index contributed by atoms with van der Waals surface area (Å²) in [6.45, 7) is 4.17. The molecule has 1 aromatic rings. The second-order valence-corrected chi connectivity index (χ2v) is 11.3. The molecule has 0 aliphatic heterocycles. The third-order valence-corrected chi connectivity index (χ3v) is 8.22. The topological polar surface area (TPSA) is 161 Å². The van der Waals surface area contributed by atoms with Gasteiger partial charge in [-0.25, -0.2) is 4.39 Å². The van der Waals surface area contributed by atoms with Gasteiger partial charge in [0.2, 0.25) is 5.78 Å². The lowest BCUT2D eigenvalue weighted by atomic mass is 9.57. The standard InChI is InChI=1S/C28H35FN2O7/c1-12(2)7-5-6-8-15-17(29)11-14-9-13-10-16-21(31(3)4)24(34)20(27(30)37)26(36)28(16,38)25(35)19(13)23(33)18(14)22(15)32/h11-13,16,21,32-33,36,38H,5-10H2,1-4H3,(H2,30,37)/t13-,16-,21-,28-/m0/s1. The SMILES string of the molecule is CC(C)CCCCc1c(F)cc2c(c1O)C(O)=C1C(=O)[C@]3(O)C(O)=C(C(N)=O)C(=O)[C@@H](N(C)C)[C@@H]3C[C@@H]1C2. The Morgan fingerprint density at radius 1 is 1.21 bits per heavy atom. The number of hydrogen-bond acceptors (Lipinski definition) is 8. The van der Waals surface area contributed by atoms with Crippen molar-refractivity contribution in [3.8, 4) is 5.75 Å². The maximum Gasteiger partial charge on any atom is 0.255 e. The quantitative estimate of drug-likeness (QED) is 0.265. The number of carbonyl (C=O) groups excluding carboxylic acids is 3. The Morgan fingerprint density at radius 2 is 1.87 bits per heavy atom. The molecule has 1 amide bonds. The number of aromatic hydroxyl groups is 1. The van der Waals surface area contributed by atoms with Gasteiger partial charge in [-0.15, -0.1) is 0 Å². The van der Waals surface area contributed by atoms with Crippen molar-refractivity contribution in [1.29, 1.82) is 0 Å². The molecule has 6 N–H and O–H groups in total. The number of fused-ring (bicyclic) bond motifs is 3. The van der Waals surface area contributed by atoms with Crippen LogP contribution in [0.4, 0.5) is 4.39 Å². The summed E-state index contributed by atoms with van der Waals surface area (Å²) >= 11 is 0. The average Bonchev–Trinajstić information content (AvgIpc) is 2.80. The van der Waals surface area contributed by atoms with E-state index in [0.29, 0.717) is 17.9 Å². The summed E-state index contributed by atoms with van der Waals surface area (Å²) in [6.07, 6.45) is 2.66. The number of aliphatic hydroxyl groups is 3. The maximum absolute atomic E-state index is 15.1. The number of ketones is 2. The number of Topliss-reactive ketones (excluding diaryl/α,β-unsaturated/α-hetero) is 2. The number of benzene rings is 1. The number of carbonyl (C=O) groups is 3. The number of rotatable bonds is 7. The van der Waals surface area contributed by atoms with Crippen LogP contribution in [0.1, 0.15) is 56.2 Å². The Kier molecular flexibility index (Phi) is 7.18. The maximum atomic E-state index is 15.1. The third kappa shape index (κ3) is 4.10. The van der Waals surface area contributed by atoms with Gasteiger partial charge in [0.15, 0.2) is 11.4 Å². The number of unbranched alkanes of at least 4 members (excludes halogenated alkanes) is 1. The molecule has 0 aromatic heterocycles. The van der Waals surface area contributed by atoms with Gasteiger partial charge in [0.1, 0.15) is 28.7 Å². The molecule has 0 heterocycles. The van der Waals surface area contributed by atoms with Gasteiger partial charge in [-0.1, -0.05) is 26.7 Å². The number of nitrogens with two attached hydrogens (primary N) is 1. The van der Waals surface area contributed by atoms with E-state index in [1.54, 1.807) is 0 Å². The minimum Gasteiger partial charge on any atom is -0.508 e. The largest absolute Gasteiger partial charge is 0.508 e. The van der Waals surface area contributed by atoms with Crippen LogP contribution in [-0.4, -0.2) is 68.5 Å². The van der Waals surface area contributed by atoms with Crippen LogP contribution >= 0.6 is 0 Å². The highest BCUT2D eigenvalue weighted by molar-refractivity contribution is 6.24. The molecule has 4 atom stereocenters. The molecule has 4 rings (SSSR count). The summed E-state index contributed by atoms with van der Waals surface area (Å²) in [7, 11) is 3.06. The summed E-state index contributed by atoms with van der Waals surface area (Å²) in [5.41, 5.74) is 1.78. The fourth-order valence-corrected chi connectivity index (χ4v) is 6.40. The van der Waals surface area contributed by atoms with Gasteiger partial charge in [-0.3, -0.25) is 19.3 Å². The van der Waals surface area contributed by atoms with E-state index in [1.165, 1.54) is 25.1 Å². The van der Waals surface area contributed by atoms with Crippen LogP contribution in [0.5, 0.6) is 5.75 Å². The van der Waals surface area contributed by atoms with Crippen LogP contribution in [0.25, 0.3) is 5.76 Å². The molecule has 38 heavy (non-hydrogen) atoms. The van der Waals surface area contributed by atoms with Gasteiger partial charge in [-0.2, -0.15) is 0 Å². The molecule has 1 aromatic carbocycles. The van der Waals surface area contributed by atoms with Gasteiger partial charge in [-0.05, 0) is 63.2 Å². The molecule has 0 unspecified atom stereocenters. The van der Waals surface area contributed by atoms with Crippen molar-refractivity contribution in [2.75, 3.05) is 14.1 Å². The first-order valence-electron chi connectivity index (χ1n) is 12.9. The predicted molar refractivity (Wildman–Crippen MR) is 137 cm³/mol. The zero-order valence-electron chi connectivity index (χ0n) is 22.0. The van der Waals surface area contributed by atoms with Crippen molar-refractivity contribution < 1.29 is 39.2 Å². The summed E-state index contributed by atoms with van der Waals surface area (Å²) in [5.74, 6) is -7.41. The van der Waals surface area contributed by atoms with E-state index in [-0.39, 0.29) is 36.0 Å². The second-order valence-electron chi connectivity index (χ2n) is 11.3. The Balaban J connectivity index is 1.83. The molecule has 10 heteroatoms. The van der Waals surface area contributed by atoms with Gasteiger partial charge in [0.05, 0.1) is 11.6 Å². The lowest BCUT2D eigenvalue weighted by Gasteiger charge is -2.50. The van der Waals surface area contributed by atoms with Crippen molar-refractivity contribution in [2.24, 2.45) is 23.5 Å². The van der Waals surface area contributed by atoms with E-state index in [0.717, 1.165) is 12.8 Å². The predicted octanol–water partition coefficient (Wildman–Crippen LogP) is 2.47. The van der Waals surface area contributed by atoms with E-state index in [1.807, 2.05) is 0 Å². The summed E-state index contributed by atoms with van der Waals surface area (Å²) in [4.78, 5) is 40.4. The van der Waals surface area contributed by atoms with Gasteiger partial charge in [0, 0.05) is 17.1 Å². The lowest BCUT2D eigenvalue weighted by Crippen LogP contribution is -2.65. The number of phenolic OH excluding ortho intramolecular Hbond substituents is 1. The van der Waals surface area contributed by atoms with E-state index in [4.69, 9.17) is 5.73 Å². The molecule has 1 saturated carbocycles. The molecule has 206 valence electrons. The Morgan fingerprint density at radius 3 is 2.45 bits per heavy atom. The summed E-state index contributed by atoms with van der Waals surface area (Å²) < 4.78 is 15.1. The van der Waals surface area contributed by atoms with E-state index >= 15 is 4.39 Å². The minimum absolute atomic E-state index is 0.0349. The third-order valence-electron chi connectivity index (χ3n) is 8.22. The first-order chi connectivity index (χ1) is 17.7. The number of primary amides is 1. The highest BCUT2D eigenvalue weighted by atomic mass is 19.1. The number of nitrogens with zero attached hydrogens (tertiary/aromatic N) is 1. The van der Waals surface area contributed by atoms with Crippen molar-refractivity contribution in [3.05, 3.63) is 45.5 Å². The number of likely N-dealkylation sites (N-methyl/N-ethyl adjacent to an activating group) is 1. The molecular weight excluding hydrogens is 495 g/mol. The highest BCUT2D eigenvalue weighted by Crippen LogP contribution is 2.53. The number of hydrogen-bond donors (Lipinski definition) is 5. The van der Waals surface area contributed by atoms with Gasteiger partial charge < -0.3 is 26.2 Å². The molecule has 3 aliphatic rings. The monoisotopic (exact) mass is 530 g/mol. The van der Waals surface area contributed by atoms with E-state index in [2.05, 4.69) is 13.8 Å². The smallest absolute Gasteiger partial charge is 0.255 e. The zero-order chi connectivity index (χ0) is 28.3. The number of amides is 1. The molecule has 0 spiro atoms. The van der Waals surface area contributed by atoms with Crippen LogP contribution in [-0.2, 0) is 27.2 Å². The van der Waals surface area contributed by atoms with E-state index in [9.17, 15) is 34.8 Å². The highest BCUT2D eigenvalue weighted by Gasteiger charge is 2.64. The van der Waals surface area contributed by atoms with Crippen molar-refractivity contribution in [3.63, 3.8) is 0 Å². The first-order valence-corrected chi connectivity index (χ1v) is 12.9. The van der Waals surface area contributed by atoms with Crippen LogP contribution in [0.2, 0.25) is 0 Å². The van der Waals surface area contributed by atoms with E-state index < -0.39 is 69.6 Å². The van der Waals surface area contributed by atoms with Crippen molar-refractivity contribution in [2.45, 2.75) is 64.0 Å². The molecule has 3 aliphatic carbocycles. The van der Waals surface area contributed by atoms with Crippen LogP contribution in [0.15, 0.2) is 23.0 Å². The first kappa shape index (κ1) is 27.8. The Hall–Kier alpha value is -3.24. The fraction of sp³-hybridized carbons (Fsp3) is 0.536. The Labute approximate surface area is 220 Å². The zero-order valence-corrected chi connectivity index (χ0v) is 22.0. The van der Waals surface area contributed by atoms with Gasteiger partial charge >= 0.3 is 0 Å². The van der Waals surface area contributed by atoms with Crippen molar-refractivity contribution >= 4 is 23.2 Å². The molecule has 1 fully saturated rings. The number of aliphatic hydroxyl groups excluding tert-OH is 2. The molecule has 0 saturated heterocycles. The Bertz CT molecular complexity index is 1280. The second kappa shape index (κ2) is 9.81. The minimum atomic E-state index is -2.69. The average molecular weight is 531 g/mol. The van der Waals surface area contributed by atoms with Crippen molar-refractivity contribution in [1.82, 2.24) is 4.90 Å². The lowest BCUT2D eigenvalue weighted by molar-refractivity contribution is -0.153. The van der Waals surface area contributed by atoms with Crippen LogP contribution < -0.4 is 5.73 Å². The van der Waals surface area contributed by atoms with Crippen LogP contribution in [0.3, 0.4) is 0 Å². The molecule has 0 radical (unpaired) electrons. The number of phenols is 1. The summed E-state index contributed by atoms with van der Waals surface area (Å²) in [5, 5.41) is 44.8. The number of halogens is 1. The molecule has 9 nitrogen and oxygen atoms in total. The molecular formula is C28H35FN2O7. The van der Waals surface area contributed by atoms with Gasteiger partial charge in [0.25, 0.3) is 5.91 Å². The van der Waals surface area contributed by atoms with Crippen LogP contribution in [0, 0.1) is 23.6 Å². The fourth-order valence-electron chi connectivity index (χ4n) is 6.40. The molecule has 0 bridgehead atoms.